The Labute approximate surface area is 66.3 Å². The van der Waals surface area contributed by atoms with Gasteiger partial charge in [-0.15, -0.1) is 0 Å². The lowest BCUT2D eigenvalue weighted by molar-refractivity contribution is 0.501. The zero-order chi connectivity index (χ0) is 7.11. The van der Waals surface area contributed by atoms with Gasteiger partial charge < -0.3 is 5.32 Å². The minimum absolute atomic E-state index is 0.826. The normalized spacial score (nSPS) is 13.7. The van der Waals surface area contributed by atoms with E-state index in [-0.39, 0.29) is 0 Å². The maximum Gasteiger partial charge on any atom is 0.00314 e. The van der Waals surface area contributed by atoms with Crippen LogP contribution < -0.4 is 5.32 Å². The Morgan fingerprint density at radius 1 is 1.56 bits per heavy atom. The Balaban J connectivity index is 2.95. The Morgan fingerprint density at radius 3 is 2.67 bits per heavy atom. The zero-order valence-electron chi connectivity index (χ0n) is 6.28. The molecule has 1 N–H and O–H groups in total. The Kier molecular flexibility index (Phi) is 6.88. The van der Waals surface area contributed by atoms with Crippen LogP contribution in [0.4, 0.5) is 0 Å². The number of hydrogen-bond donors (Lipinski definition) is 1. The summed E-state index contributed by atoms with van der Waals surface area (Å²) in [6.45, 7) is 3.42. The van der Waals surface area contributed by atoms with Gasteiger partial charge >= 0.3 is 0 Å². The molecule has 0 aliphatic carbocycles. The van der Waals surface area contributed by atoms with E-state index >= 15 is 0 Å². The summed E-state index contributed by atoms with van der Waals surface area (Å²) in [6, 6.07) is 0. The molecule has 0 fully saturated rings. The molecule has 0 saturated heterocycles. The van der Waals surface area contributed by atoms with Crippen LogP contribution in [0, 0.1) is 5.92 Å². The summed E-state index contributed by atoms with van der Waals surface area (Å²) in [4.78, 5) is 0. The fraction of sp³-hybridized carbons (Fsp3) is 1.00. The van der Waals surface area contributed by atoms with Crippen molar-refractivity contribution in [3.8, 4) is 0 Å². The first-order chi connectivity index (χ1) is 4.31. The van der Waals surface area contributed by atoms with E-state index in [1.165, 1.54) is 12.8 Å². The van der Waals surface area contributed by atoms with Crippen molar-refractivity contribution in [1.29, 1.82) is 0 Å². The number of hydrogen-bond acceptors (Lipinski definition) is 1. The molecule has 0 saturated carbocycles. The molecule has 0 amide bonds. The predicted octanol–water partition coefficient (Wildman–Crippen LogP) is 2.02. The summed E-state index contributed by atoms with van der Waals surface area (Å²) in [7, 11) is 2.00. The van der Waals surface area contributed by atoms with Crippen molar-refractivity contribution in [2.24, 2.45) is 5.92 Å². The molecule has 0 aromatic carbocycles. The first-order valence-electron chi connectivity index (χ1n) is 3.51. The molecule has 0 aliphatic rings. The number of alkyl halides is 1. The number of halogens is 1. The van der Waals surface area contributed by atoms with Gasteiger partial charge in [0.2, 0.25) is 0 Å². The molecular formula is C7H16BrN. The SMILES string of the molecule is CNCC(C)CCCBr. The Hall–Kier alpha value is 0.440. The van der Waals surface area contributed by atoms with E-state index in [0.29, 0.717) is 0 Å². The van der Waals surface area contributed by atoms with Gasteiger partial charge in [-0.05, 0) is 32.4 Å². The van der Waals surface area contributed by atoms with Crippen LogP contribution in [0.1, 0.15) is 19.8 Å². The monoisotopic (exact) mass is 193 g/mol. The lowest BCUT2D eigenvalue weighted by Crippen LogP contribution is -2.15. The van der Waals surface area contributed by atoms with E-state index in [0.717, 1.165) is 17.8 Å². The van der Waals surface area contributed by atoms with Gasteiger partial charge in [0, 0.05) is 5.33 Å². The molecule has 0 spiro atoms. The highest BCUT2D eigenvalue weighted by atomic mass is 79.9. The molecule has 1 unspecified atom stereocenters. The summed E-state index contributed by atoms with van der Waals surface area (Å²) in [5.74, 6) is 0.826. The minimum Gasteiger partial charge on any atom is -0.319 e. The van der Waals surface area contributed by atoms with Crippen molar-refractivity contribution in [2.75, 3.05) is 18.9 Å². The molecule has 0 aliphatic heterocycles. The molecule has 1 atom stereocenters. The van der Waals surface area contributed by atoms with E-state index in [2.05, 4.69) is 28.2 Å². The van der Waals surface area contributed by atoms with Gasteiger partial charge in [-0.25, -0.2) is 0 Å². The minimum atomic E-state index is 0.826. The summed E-state index contributed by atoms with van der Waals surface area (Å²) >= 11 is 3.41. The van der Waals surface area contributed by atoms with Gasteiger partial charge in [0.25, 0.3) is 0 Å². The van der Waals surface area contributed by atoms with Crippen LogP contribution in [0.3, 0.4) is 0 Å². The second kappa shape index (κ2) is 6.56. The van der Waals surface area contributed by atoms with Crippen LogP contribution >= 0.6 is 15.9 Å². The second-order valence-corrected chi connectivity index (χ2v) is 3.29. The largest absolute Gasteiger partial charge is 0.319 e. The third kappa shape index (κ3) is 6.32. The number of nitrogens with one attached hydrogen (secondary N) is 1. The van der Waals surface area contributed by atoms with Gasteiger partial charge in [0.1, 0.15) is 0 Å². The van der Waals surface area contributed by atoms with E-state index < -0.39 is 0 Å². The van der Waals surface area contributed by atoms with Crippen LogP contribution in [0.5, 0.6) is 0 Å². The topological polar surface area (TPSA) is 12.0 Å². The molecule has 1 nitrogen and oxygen atoms in total. The first kappa shape index (κ1) is 9.44. The van der Waals surface area contributed by atoms with E-state index in [4.69, 9.17) is 0 Å². The summed E-state index contributed by atoms with van der Waals surface area (Å²) in [5, 5.41) is 4.30. The molecule has 56 valence electrons. The maximum atomic E-state index is 3.41. The molecule has 0 radical (unpaired) electrons. The van der Waals surface area contributed by atoms with Crippen molar-refractivity contribution >= 4 is 15.9 Å². The highest BCUT2D eigenvalue weighted by Crippen LogP contribution is 2.04. The van der Waals surface area contributed by atoms with Crippen molar-refractivity contribution in [3.63, 3.8) is 0 Å². The molecular weight excluding hydrogens is 178 g/mol. The molecule has 0 bridgehead atoms. The average molecular weight is 194 g/mol. The fourth-order valence-electron chi connectivity index (χ4n) is 0.876. The standard InChI is InChI=1S/C7H16BrN/c1-7(6-9-2)4-3-5-8/h7,9H,3-6H2,1-2H3. The van der Waals surface area contributed by atoms with Crippen LogP contribution in [0.25, 0.3) is 0 Å². The maximum absolute atomic E-state index is 3.41. The van der Waals surface area contributed by atoms with E-state index in [1.807, 2.05) is 7.05 Å². The van der Waals surface area contributed by atoms with Gasteiger partial charge in [0.05, 0.1) is 0 Å². The third-order valence-electron chi connectivity index (χ3n) is 1.38. The van der Waals surface area contributed by atoms with Crippen LogP contribution in [0.15, 0.2) is 0 Å². The molecule has 9 heavy (non-hydrogen) atoms. The van der Waals surface area contributed by atoms with Gasteiger partial charge in [0.15, 0.2) is 0 Å². The molecule has 0 aromatic rings. The van der Waals surface area contributed by atoms with Crippen molar-refractivity contribution in [2.45, 2.75) is 19.8 Å². The Bertz CT molecular complexity index is 56.9. The smallest absolute Gasteiger partial charge is 0.00314 e. The summed E-state index contributed by atoms with van der Waals surface area (Å²) < 4.78 is 0. The van der Waals surface area contributed by atoms with Gasteiger partial charge in [-0.1, -0.05) is 22.9 Å². The molecule has 0 rings (SSSR count). The fourth-order valence-corrected chi connectivity index (χ4v) is 1.20. The lowest BCUT2D eigenvalue weighted by Gasteiger charge is -2.07. The summed E-state index contributed by atoms with van der Waals surface area (Å²) in [5.41, 5.74) is 0. The van der Waals surface area contributed by atoms with Crippen LogP contribution in [0.2, 0.25) is 0 Å². The van der Waals surface area contributed by atoms with Crippen molar-refractivity contribution < 1.29 is 0 Å². The summed E-state index contributed by atoms with van der Waals surface area (Å²) in [6.07, 6.45) is 2.62. The quantitative estimate of drug-likeness (QED) is 0.660. The van der Waals surface area contributed by atoms with E-state index in [9.17, 15) is 0 Å². The third-order valence-corrected chi connectivity index (χ3v) is 1.94. The highest BCUT2D eigenvalue weighted by molar-refractivity contribution is 9.09. The highest BCUT2D eigenvalue weighted by Gasteiger charge is 1.97. The molecule has 0 heterocycles. The second-order valence-electron chi connectivity index (χ2n) is 2.49. The van der Waals surface area contributed by atoms with Crippen molar-refractivity contribution in [1.82, 2.24) is 5.32 Å². The molecule has 2 heteroatoms. The van der Waals surface area contributed by atoms with Gasteiger partial charge in [-0.2, -0.15) is 0 Å². The van der Waals surface area contributed by atoms with E-state index in [1.54, 1.807) is 0 Å². The number of rotatable bonds is 5. The van der Waals surface area contributed by atoms with Crippen LogP contribution in [-0.4, -0.2) is 18.9 Å². The molecule has 0 aromatic heterocycles. The Morgan fingerprint density at radius 2 is 2.22 bits per heavy atom. The lowest BCUT2D eigenvalue weighted by atomic mass is 10.1. The van der Waals surface area contributed by atoms with Gasteiger partial charge in [-0.3, -0.25) is 0 Å². The van der Waals surface area contributed by atoms with Crippen molar-refractivity contribution in [3.05, 3.63) is 0 Å². The average Bonchev–Trinajstić information content (AvgIpc) is 1.85. The van der Waals surface area contributed by atoms with Crippen LogP contribution in [-0.2, 0) is 0 Å². The predicted molar refractivity (Wildman–Crippen MR) is 46.1 cm³/mol. The first-order valence-corrected chi connectivity index (χ1v) is 4.64. The zero-order valence-corrected chi connectivity index (χ0v) is 7.87.